The van der Waals surface area contributed by atoms with Crippen LogP contribution in [0.2, 0.25) is 0 Å². The Kier molecular flexibility index (Phi) is 6.04. The highest BCUT2D eigenvalue weighted by molar-refractivity contribution is 6.46. The zero-order valence-electron chi connectivity index (χ0n) is 20.7. The second-order valence-electron chi connectivity index (χ2n) is 10.1. The third kappa shape index (κ3) is 4.35. The largest absolute Gasteiger partial charge is 0.507 e. The van der Waals surface area contributed by atoms with Crippen LogP contribution in [-0.2, 0) is 21.5 Å². The Morgan fingerprint density at radius 3 is 2.25 bits per heavy atom. The molecular formula is C30H29NO5. The molecule has 2 aliphatic heterocycles. The van der Waals surface area contributed by atoms with Crippen molar-refractivity contribution in [1.82, 2.24) is 4.90 Å². The topological polar surface area (TPSA) is 76.1 Å². The minimum absolute atomic E-state index is 0.0461. The molecule has 5 rings (SSSR count). The first-order chi connectivity index (χ1) is 17.2. The van der Waals surface area contributed by atoms with E-state index >= 15 is 0 Å². The van der Waals surface area contributed by atoms with Gasteiger partial charge in [0.1, 0.15) is 19.0 Å². The molecular weight excluding hydrogens is 454 g/mol. The maximum atomic E-state index is 13.4. The van der Waals surface area contributed by atoms with E-state index in [1.807, 2.05) is 54.6 Å². The van der Waals surface area contributed by atoms with E-state index in [4.69, 9.17) is 9.47 Å². The third-order valence-electron chi connectivity index (χ3n) is 6.64. The summed E-state index contributed by atoms with van der Waals surface area (Å²) in [6.45, 7) is 7.49. The quantitative estimate of drug-likeness (QED) is 0.306. The molecule has 1 atom stereocenters. The Balaban J connectivity index is 1.63. The smallest absolute Gasteiger partial charge is 0.295 e. The SMILES string of the molecule is CC(C)(C)c1ccc(C2/C(=C(/O)c3ccc4c(c3)OCCO4)C(=O)C(=O)N2Cc2ccccc2)cc1. The van der Waals surface area contributed by atoms with Gasteiger partial charge in [-0.1, -0.05) is 75.4 Å². The van der Waals surface area contributed by atoms with Gasteiger partial charge in [-0.25, -0.2) is 0 Å². The average Bonchev–Trinajstić information content (AvgIpc) is 3.13. The molecule has 1 fully saturated rings. The van der Waals surface area contributed by atoms with Gasteiger partial charge in [0, 0.05) is 12.1 Å². The van der Waals surface area contributed by atoms with Crippen molar-refractivity contribution in [1.29, 1.82) is 0 Å². The van der Waals surface area contributed by atoms with E-state index in [9.17, 15) is 14.7 Å². The minimum atomic E-state index is -0.729. The summed E-state index contributed by atoms with van der Waals surface area (Å²) in [7, 11) is 0. The number of hydrogen-bond donors (Lipinski definition) is 1. The number of hydrogen-bond acceptors (Lipinski definition) is 5. The molecule has 0 radical (unpaired) electrons. The molecule has 0 saturated carbocycles. The fourth-order valence-electron chi connectivity index (χ4n) is 4.68. The molecule has 0 bridgehead atoms. The summed E-state index contributed by atoms with van der Waals surface area (Å²) in [5, 5.41) is 11.4. The van der Waals surface area contributed by atoms with Crippen LogP contribution in [-0.4, -0.2) is 34.9 Å². The highest BCUT2D eigenvalue weighted by Crippen LogP contribution is 2.42. The van der Waals surface area contributed by atoms with Crippen LogP contribution in [0, 0.1) is 0 Å². The van der Waals surface area contributed by atoms with Gasteiger partial charge in [0.25, 0.3) is 11.7 Å². The van der Waals surface area contributed by atoms with Crippen LogP contribution >= 0.6 is 0 Å². The number of carbonyl (C=O) groups excluding carboxylic acids is 2. The summed E-state index contributed by atoms with van der Waals surface area (Å²) >= 11 is 0. The lowest BCUT2D eigenvalue weighted by Gasteiger charge is -2.27. The number of fused-ring (bicyclic) bond motifs is 1. The first-order valence-electron chi connectivity index (χ1n) is 12.1. The van der Waals surface area contributed by atoms with E-state index in [-0.39, 0.29) is 23.3 Å². The van der Waals surface area contributed by atoms with E-state index in [0.717, 1.165) is 16.7 Å². The predicted molar refractivity (Wildman–Crippen MR) is 137 cm³/mol. The number of Topliss-reactive ketones (excluding diaryl/α,β-unsaturated/α-hetero) is 1. The highest BCUT2D eigenvalue weighted by Gasteiger charge is 2.46. The van der Waals surface area contributed by atoms with Crippen LogP contribution in [0.4, 0.5) is 0 Å². The van der Waals surface area contributed by atoms with Gasteiger partial charge in [0.15, 0.2) is 11.5 Å². The Morgan fingerprint density at radius 1 is 0.917 bits per heavy atom. The standard InChI is InChI=1S/C30H29NO5/c1-30(2,3)22-12-9-20(10-13-22)26-25(27(32)21-11-14-23-24(17-21)36-16-15-35-23)28(33)29(34)31(26)18-19-7-5-4-6-8-19/h4-14,17,26,32H,15-16,18H2,1-3H3/b27-25-. The van der Waals surface area contributed by atoms with E-state index in [1.54, 1.807) is 18.2 Å². The van der Waals surface area contributed by atoms with Gasteiger partial charge in [-0.2, -0.15) is 0 Å². The Bertz CT molecular complexity index is 1340. The lowest BCUT2D eigenvalue weighted by Crippen LogP contribution is -2.29. The van der Waals surface area contributed by atoms with Crippen molar-refractivity contribution in [2.24, 2.45) is 0 Å². The van der Waals surface area contributed by atoms with Crippen LogP contribution in [0.15, 0.2) is 78.4 Å². The van der Waals surface area contributed by atoms with Gasteiger partial charge in [0.05, 0.1) is 11.6 Å². The molecule has 1 saturated heterocycles. The summed E-state index contributed by atoms with van der Waals surface area (Å²) in [6.07, 6.45) is 0. The van der Waals surface area contributed by atoms with Crippen molar-refractivity contribution in [2.45, 2.75) is 38.8 Å². The Labute approximate surface area is 210 Å². The fourth-order valence-corrected chi connectivity index (χ4v) is 4.68. The number of ether oxygens (including phenoxy) is 2. The molecule has 1 amide bonds. The highest BCUT2D eigenvalue weighted by atomic mass is 16.6. The normalized spacial score (nSPS) is 19.0. The van der Waals surface area contributed by atoms with Gasteiger partial charge in [-0.05, 0) is 40.3 Å². The summed E-state index contributed by atoms with van der Waals surface area (Å²) in [5.74, 6) is -0.497. The number of aliphatic hydroxyl groups is 1. The van der Waals surface area contributed by atoms with Crippen molar-refractivity contribution in [2.75, 3.05) is 13.2 Å². The molecule has 0 aromatic heterocycles. The molecule has 184 valence electrons. The number of likely N-dealkylation sites (tertiary alicyclic amines) is 1. The molecule has 0 spiro atoms. The second kappa shape index (κ2) is 9.19. The van der Waals surface area contributed by atoms with Crippen molar-refractivity contribution >= 4 is 17.4 Å². The van der Waals surface area contributed by atoms with Crippen LogP contribution in [0.1, 0.15) is 49.1 Å². The Hall–Kier alpha value is -4.06. The first-order valence-corrected chi connectivity index (χ1v) is 12.1. The number of carbonyl (C=O) groups is 2. The summed E-state index contributed by atoms with van der Waals surface area (Å²) in [5.41, 5.74) is 3.21. The molecule has 6 nitrogen and oxygen atoms in total. The van der Waals surface area contributed by atoms with Crippen molar-refractivity contribution in [3.05, 3.63) is 101 Å². The molecule has 3 aromatic carbocycles. The van der Waals surface area contributed by atoms with Crippen molar-refractivity contribution in [3.63, 3.8) is 0 Å². The van der Waals surface area contributed by atoms with Gasteiger partial charge >= 0.3 is 0 Å². The van der Waals surface area contributed by atoms with Crippen LogP contribution in [0.5, 0.6) is 11.5 Å². The van der Waals surface area contributed by atoms with Crippen molar-refractivity contribution < 1.29 is 24.2 Å². The molecule has 1 unspecified atom stereocenters. The number of ketones is 1. The lowest BCUT2D eigenvalue weighted by molar-refractivity contribution is -0.140. The van der Waals surface area contributed by atoms with Crippen LogP contribution in [0.3, 0.4) is 0 Å². The fraction of sp³-hybridized carbons (Fsp3) is 0.267. The lowest BCUT2D eigenvalue weighted by atomic mass is 9.85. The number of amides is 1. The number of nitrogens with zero attached hydrogens (tertiary/aromatic N) is 1. The molecule has 2 aliphatic rings. The first kappa shape index (κ1) is 23.7. The molecule has 6 heteroatoms. The minimum Gasteiger partial charge on any atom is -0.507 e. The monoisotopic (exact) mass is 483 g/mol. The van der Waals surface area contributed by atoms with Crippen LogP contribution < -0.4 is 9.47 Å². The van der Waals surface area contributed by atoms with Crippen molar-refractivity contribution in [3.8, 4) is 11.5 Å². The van der Waals surface area contributed by atoms with E-state index < -0.39 is 17.7 Å². The maximum Gasteiger partial charge on any atom is 0.295 e. The predicted octanol–water partition coefficient (Wildman–Crippen LogP) is 5.38. The molecule has 0 aliphatic carbocycles. The van der Waals surface area contributed by atoms with Gasteiger partial charge in [-0.3, -0.25) is 9.59 Å². The Morgan fingerprint density at radius 2 is 1.58 bits per heavy atom. The molecule has 36 heavy (non-hydrogen) atoms. The van der Waals surface area contributed by atoms with E-state index in [1.165, 1.54) is 4.90 Å². The van der Waals surface area contributed by atoms with E-state index in [0.29, 0.717) is 30.3 Å². The van der Waals surface area contributed by atoms with Gasteiger partial charge in [-0.15, -0.1) is 0 Å². The zero-order chi connectivity index (χ0) is 25.4. The zero-order valence-corrected chi connectivity index (χ0v) is 20.7. The molecule has 1 N–H and O–H groups in total. The average molecular weight is 484 g/mol. The summed E-state index contributed by atoms with van der Waals surface area (Å²) in [4.78, 5) is 28.2. The molecule has 2 heterocycles. The van der Waals surface area contributed by atoms with Gasteiger partial charge in [0.2, 0.25) is 0 Å². The number of aliphatic hydroxyl groups excluding tert-OH is 1. The number of benzene rings is 3. The molecule has 3 aromatic rings. The van der Waals surface area contributed by atoms with Crippen LogP contribution in [0.25, 0.3) is 5.76 Å². The van der Waals surface area contributed by atoms with E-state index in [2.05, 4.69) is 20.8 Å². The van der Waals surface area contributed by atoms with Gasteiger partial charge < -0.3 is 19.5 Å². The third-order valence-corrected chi connectivity index (χ3v) is 6.64. The maximum absolute atomic E-state index is 13.4. The summed E-state index contributed by atoms with van der Waals surface area (Å²) < 4.78 is 11.2. The number of rotatable bonds is 4. The second-order valence-corrected chi connectivity index (χ2v) is 10.1. The summed E-state index contributed by atoms with van der Waals surface area (Å²) in [6, 6.07) is 21.7.